The lowest BCUT2D eigenvalue weighted by Gasteiger charge is -2.50. The van der Waals surface area contributed by atoms with Crippen molar-refractivity contribution in [3.63, 3.8) is 0 Å². The SMILES string of the molecule is O=C1c2c(cc3c(c2O)C2c4c(O)cc(O)cc4OC(c4cc(O)c(O)c(O)c4)(O3)C2O)OC(c2ccc(O)cc2O)C1O. The van der Waals surface area contributed by atoms with Gasteiger partial charge in [0.25, 0.3) is 0 Å². The summed E-state index contributed by atoms with van der Waals surface area (Å²) in [6.45, 7) is 0. The quantitative estimate of drug-likeness (QED) is 0.147. The Morgan fingerprint density at radius 2 is 1.27 bits per heavy atom. The molecule has 0 saturated carbocycles. The smallest absolute Gasteiger partial charge is 0.305 e. The number of fused-ring (bicyclic) bond motifs is 7. The third-order valence-corrected chi connectivity index (χ3v) is 8.07. The van der Waals surface area contributed by atoms with Crippen molar-refractivity contribution in [3.05, 3.63) is 76.3 Å². The summed E-state index contributed by atoms with van der Waals surface area (Å²) in [5, 5.41) is 106. The Morgan fingerprint density at radius 1 is 0.636 bits per heavy atom. The standard InChI is InChI=1S/C30H22O14/c31-10-1-2-12(13(33)5-10)28-27(40)26(39)22-17(42-28)8-19-21(25(22)38)23-20-14(34)6-11(32)7-18(20)43-30(44-19,29(23)41)9-3-15(35)24(37)16(36)4-9/h1-8,23,27-29,31-38,40-41H. The monoisotopic (exact) mass is 606 g/mol. The highest BCUT2D eigenvalue weighted by Crippen LogP contribution is 2.62. The van der Waals surface area contributed by atoms with Crippen LogP contribution < -0.4 is 14.2 Å². The van der Waals surface area contributed by atoms with E-state index in [0.717, 1.165) is 36.4 Å². The predicted molar refractivity (Wildman–Crippen MR) is 144 cm³/mol. The summed E-state index contributed by atoms with van der Waals surface area (Å²) >= 11 is 0. The second kappa shape index (κ2) is 8.89. The molecular formula is C30H22O14. The topological polar surface area (TPSA) is 247 Å². The van der Waals surface area contributed by atoms with Crippen LogP contribution in [0.3, 0.4) is 0 Å². The molecule has 226 valence electrons. The van der Waals surface area contributed by atoms with Gasteiger partial charge >= 0.3 is 5.79 Å². The van der Waals surface area contributed by atoms with Crippen molar-refractivity contribution in [2.75, 3.05) is 0 Å². The minimum Gasteiger partial charge on any atom is -0.508 e. The van der Waals surface area contributed by atoms with Crippen molar-refractivity contribution in [1.82, 2.24) is 0 Å². The summed E-state index contributed by atoms with van der Waals surface area (Å²) in [5.74, 6) is -10.7. The van der Waals surface area contributed by atoms with Gasteiger partial charge in [-0.15, -0.1) is 0 Å². The van der Waals surface area contributed by atoms with E-state index in [2.05, 4.69) is 0 Å². The van der Waals surface area contributed by atoms with E-state index in [-0.39, 0.29) is 45.3 Å². The molecule has 3 heterocycles. The number of rotatable bonds is 2. The number of aromatic hydroxyl groups is 8. The van der Waals surface area contributed by atoms with Crippen LogP contribution in [0.2, 0.25) is 0 Å². The number of carbonyl (C=O) groups is 1. The van der Waals surface area contributed by atoms with Gasteiger partial charge in [-0.25, -0.2) is 0 Å². The summed E-state index contributed by atoms with van der Waals surface area (Å²) in [5.41, 5.74) is -1.17. The maximum atomic E-state index is 13.5. The van der Waals surface area contributed by atoms with Crippen LogP contribution in [-0.2, 0) is 5.79 Å². The molecule has 0 aromatic heterocycles. The van der Waals surface area contributed by atoms with E-state index in [0.29, 0.717) is 0 Å². The fraction of sp³-hybridized carbons (Fsp3) is 0.167. The van der Waals surface area contributed by atoms with Crippen molar-refractivity contribution in [3.8, 4) is 63.2 Å². The van der Waals surface area contributed by atoms with Crippen molar-refractivity contribution in [2.45, 2.75) is 30.0 Å². The second-order valence-electron chi connectivity index (χ2n) is 10.6. The summed E-state index contributed by atoms with van der Waals surface area (Å²) in [4.78, 5) is 13.5. The lowest BCUT2D eigenvalue weighted by molar-refractivity contribution is -0.218. The number of benzene rings is 4. The zero-order chi connectivity index (χ0) is 31.4. The molecule has 0 saturated heterocycles. The van der Waals surface area contributed by atoms with Gasteiger partial charge in [0, 0.05) is 46.5 Å². The Balaban J connectivity index is 1.47. The van der Waals surface area contributed by atoms with Crippen LogP contribution in [0, 0.1) is 0 Å². The second-order valence-corrected chi connectivity index (χ2v) is 10.6. The van der Waals surface area contributed by atoms with Crippen LogP contribution in [0.15, 0.2) is 48.5 Å². The number of hydrogen-bond donors (Lipinski definition) is 10. The molecule has 4 aromatic carbocycles. The summed E-state index contributed by atoms with van der Waals surface area (Å²) in [6.07, 6.45) is -5.31. The van der Waals surface area contributed by atoms with Gasteiger partial charge in [-0.1, -0.05) is 0 Å². The van der Waals surface area contributed by atoms with E-state index in [1.807, 2.05) is 0 Å². The first-order valence-electron chi connectivity index (χ1n) is 13.0. The maximum Gasteiger partial charge on any atom is 0.305 e. The lowest BCUT2D eigenvalue weighted by atomic mass is 9.74. The third kappa shape index (κ3) is 3.52. The van der Waals surface area contributed by atoms with Gasteiger partial charge in [-0.2, -0.15) is 0 Å². The number of carbonyl (C=O) groups excluding carboxylic acids is 1. The van der Waals surface area contributed by atoms with Crippen LogP contribution in [0.5, 0.6) is 63.2 Å². The molecule has 0 radical (unpaired) electrons. The van der Waals surface area contributed by atoms with Crippen LogP contribution in [-0.4, -0.2) is 69.1 Å². The molecule has 3 aliphatic heterocycles. The molecule has 44 heavy (non-hydrogen) atoms. The molecule has 0 amide bonds. The van der Waals surface area contributed by atoms with Crippen molar-refractivity contribution in [2.24, 2.45) is 0 Å². The lowest BCUT2D eigenvalue weighted by Crippen LogP contribution is -2.57. The Morgan fingerprint density at radius 3 is 1.93 bits per heavy atom. The average molecular weight is 606 g/mol. The minimum absolute atomic E-state index is 0.0618. The zero-order valence-electron chi connectivity index (χ0n) is 22.0. The van der Waals surface area contributed by atoms with Gasteiger partial charge in [0.15, 0.2) is 29.5 Å². The molecule has 14 nitrogen and oxygen atoms in total. The number of aliphatic hydroxyl groups is 2. The number of ketones is 1. The summed E-state index contributed by atoms with van der Waals surface area (Å²) < 4.78 is 18.0. The van der Waals surface area contributed by atoms with E-state index in [1.54, 1.807) is 0 Å². The normalized spacial score (nSPS) is 24.6. The van der Waals surface area contributed by atoms with Gasteiger partial charge in [0.2, 0.25) is 5.78 Å². The van der Waals surface area contributed by atoms with E-state index in [4.69, 9.17) is 14.2 Å². The number of ether oxygens (including phenoxy) is 3. The van der Waals surface area contributed by atoms with Crippen LogP contribution in [0.25, 0.3) is 0 Å². The van der Waals surface area contributed by atoms with Crippen LogP contribution in [0.4, 0.5) is 0 Å². The first-order chi connectivity index (χ1) is 20.8. The Kier molecular flexibility index (Phi) is 5.48. The molecule has 10 N–H and O–H groups in total. The van der Waals surface area contributed by atoms with Gasteiger partial charge in [0.05, 0.1) is 5.92 Å². The number of hydrogen-bond acceptors (Lipinski definition) is 14. The predicted octanol–water partition coefficient (Wildman–Crippen LogP) is 2.14. The van der Waals surface area contributed by atoms with Crippen molar-refractivity contribution < 1.29 is 70.1 Å². The molecule has 0 aliphatic carbocycles. The molecule has 0 spiro atoms. The number of aliphatic hydroxyl groups excluding tert-OH is 2. The fourth-order valence-electron chi connectivity index (χ4n) is 6.08. The fourth-order valence-corrected chi connectivity index (χ4v) is 6.08. The van der Waals surface area contributed by atoms with Gasteiger partial charge in [-0.05, 0) is 24.3 Å². The molecule has 3 aliphatic rings. The molecule has 7 rings (SSSR count). The Hall–Kier alpha value is -5.73. The van der Waals surface area contributed by atoms with Crippen molar-refractivity contribution in [1.29, 1.82) is 0 Å². The highest BCUT2D eigenvalue weighted by Gasteiger charge is 2.60. The molecule has 4 aromatic rings. The first-order valence-corrected chi connectivity index (χ1v) is 13.0. The summed E-state index contributed by atoms with van der Waals surface area (Å²) in [7, 11) is 0. The van der Waals surface area contributed by atoms with Gasteiger partial charge in [0.1, 0.15) is 57.7 Å². The molecule has 2 bridgehead atoms. The largest absolute Gasteiger partial charge is 0.508 e. The Labute approximate surface area is 245 Å². The highest BCUT2D eigenvalue weighted by atomic mass is 16.7. The third-order valence-electron chi connectivity index (χ3n) is 8.07. The molecule has 14 heteroatoms. The van der Waals surface area contributed by atoms with E-state index >= 15 is 0 Å². The van der Waals surface area contributed by atoms with Gasteiger partial charge in [-0.3, -0.25) is 4.79 Å². The first kappa shape index (κ1) is 27.1. The zero-order valence-corrected chi connectivity index (χ0v) is 22.0. The Bertz CT molecular complexity index is 1900. The highest BCUT2D eigenvalue weighted by molar-refractivity contribution is 6.06. The molecule has 5 unspecified atom stereocenters. The minimum atomic E-state index is -2.36. The molecule has 0 fully saturated rings. The number of Topliss-reactive ketones (excluding diaryl/α,β-unsaturated/α-hetero) is 1. The molecular weight excluding hydrogens is 584 g/mol. The maximum absolute atomic E-state index is 13.5. The average Bonchev–Trinajstić information content (AvgIpc) is 2.94. The van der Waals surface area contributed by atoms with Crippen LogP contribution >= 0.6 is 0 Å². The van der Waals surface area contributed by atoms with E-state index in [1.165, 1.54) is 12.1 Å². The van der Waals surface area contributed by atoms with E-state index in [9.17, 15) is 55.9 Å². The van der Waals surface area contributed by atoms with E-state index < -0.39 is 81.6 Å². The number of phenols is 8. The summed E-state index contributed by atoms with van der Waals surface area (Å²) in [6, 6.07) is 8.47. The van der Waals surface area contributed by atoms with Crippen molar-refractivity contribution >= 4 is 5.78 Å². The number of phenolic OH excluding ortho intramolecular Hbond substituents is 8. The van der Waals surface area contributed by atoms with Crippen LogP contribution in [0.1, 0.15) is 44.6 Å². The molecule has 5 atom stereocenters. The van der Waals surface area contributed by atoms with Gasteiger partial charge < -0.3 is 65.3 Å².